The van der Waals surface area contributed by atoms with Gasteiger partial charge in [0, 0.05) is 5.56 Å². The Hall–Kier alpha value is -2.65. The molecule has 0 aliphatic heterocycles. The summed E-state index contributed by atoms with van der Waals surface area (Å²) >= 11 is 0. The van der Waals surface area contributed by atoms with Crippen LogP contribution in [0.4, 0.5) is 22.0 Å². The van der Waals surface area contributed by atoms with Crippen molar-refractivity contribution in [2.75, 3.05) is 6.61 Å². The van der Waals surface area contributed by atoms with Crippen LogP contribution in [0.5, 0.6) is 0 Å². The van der Waals surface area contributed by atoms with E-state index in [9.17, 15) is 22.8 Å². The quantitative estimate of drug-likeness (QED) is 0.194. The largest absolute Gasteiger partial charge is 0.466 e. The molecule has 0 fully saturated rings. The summed E-state index contributed by atoms with van der Waals surface area (Å²) in [6, 6.07) is -2.11. The van der Waals surface area contributed by atoms with Gasteiger partial charge in [-0.25, -0.2) is 8.78 Å². The molecule has 1 aromatic carbocycles. The maximum Gasteiger partial charge on any atom is 0.419 e. The fourth-order valence-corrected chi connectivity index (χ4v) is 4.55. The first-order valence-corrected chi connectivity index (χ1v) is 13.0. The second-order valence-electron chi connectivity index (χ2n) is 10.3. The van der Waals surface area contributed by atoms with E-state index in [2.05, 4.69) is 17.2 Å². The fourth-order valence-electron chi connectivity index (χ4n) is 4.55. The summed E-state index contributed by atoms with van der Waals surface area (Å²) in [6.45, 7) is 15.9. The van der Waals surface area contributed by atoms with Crippen LogP contribution in [0.25, 0.3) is 0 Å². The summed E-state index contributed by atoms with van der Waals surface area (Å²) in [5.41, 5.74) is -2.96. The smallest absolute Gasteiger partial charge is 0.419 e. The minimum atomic E-state index is -5.14. The molecule has 4 atom stereocenters. The molecule has 2 N–H and O–H groups in total. The van der Waals surface area contributed by atoms with E-state index in [1.807, 2.05) is 27.7 Å². The number of carbonyl (C=O) groups is 2. The number of alkyl halides is 3. The number of ether oxygens (including phenoxy) is 1. The Morgan fingerprint density at radius 2 is 1.68 bits per heavy atom. The SMILES string of the molecule is C=CNC(CC(C)C)C(=O)N[C@@H](CC(=O)OCC)c1c(F)c(C(CC)[C@H](C)C(C)C)cc(C(F)(F)F)c1F. The Bertz CT molecular complexity index is 963. The molecule has 0 aliphatic carbocycles. The fraction of sp³-hybridized carbons (Fsp3) is 0.643. The zero-order valence-corrected chi connectivity index (χ0v) is 23.3. The molecule has 5 nitrogen and oxygen atoms in total. The number of hydrogen-bond donors (Lipinski definition) is 2. The van der Waals surface area contributed by atoms with Crippen LogP contribution >= 0.6 is 0 Å². The van der Waals surface area contributed by atoms with Crippen LogP contribution in [-0.4, -0.2) is 24.5 Å². The van der Waals surface area contributed by atoms with Gasteiger partial charge in [0.15, 0.2) is 0 Å². The van der Waals surface area contributed by atoms with E-state index in [1.165, 1.54) is 13.1 Å². The van der Waals surface area contributed by atoms with Crippen molar-refractivity contribution in [2.45, 2.75) is 91.9 Å². The van der Waals surface area contributed by atoms with E-state index < -0.39 is 65.2 Å². The van der Waals surface area contributed by atoms with E-state index in [0.717, 1.165) is 0 Å². The molecular formula is C28H41F5N2O3. The Balaban J connectivity index is 3.87. The van der Waals surface area contributed by atoms with E-state index >= 15 is 8.78 Å². The normalized spacial score (nSPS) is 15.1. The number of rotatable bonds is 14. The highest BCUT2D eigenvalue weighted by Crippen LogP contribution is 2.42. The highest BCUT2D eigenvalue weighted by atomic mass is 19.4. The highest BCUT2D eigenvalue weighted by molar-refractivity contribution is 5.83. The summed E-state index contributed by atoms with van der Waals surface area (Å²) < 4.78 is 78.5. The summed E-state index contributed by atoms with van der Waals surface area (Å²) in [7, 11) is 0. The topological polar surface area (TPSA) is 67.4 Å². The number of amides is 1. The number of nitrogens with one attached hydrogen (secondary N) is 2. The third-order valence-electron chi connectivity index (χ3n) is 6.78. The maximum absolute atomic E-state index is 16.1. The van der Waals surface area contributed by atoms with Crippen LogP contribution in [0.3, 0.4) is 0 Å². The van der Waals surface area contributed by atoms with Gasteiger partial charge in [-0.15, -0.1) is 0 Å². The Kier molecular flexibility index (Phi) is 12.7. The zero-order valence-electron chi connectivity index (χ0n) is 23.3. The molecule has 38 heavy (non-hydrogen) atoms. The van der Waals surface area contributed by atoms with Crippen molar-refractivity contribution in [3.63, 3.8) is 0 Å². The summed E-state index contributed by atoms with van der Waals surface area (Å²) in [6.07, 6.45) is -4.02. The maximum atomic E-state index is 16.1. The number of halogens is 5. The predicted octanol–water partition coefficient (Wildman–Crippen LogP) is 7.03. The van der Waals surface area contributed by atoms with Crippen LogP contribution < -0.4 is 10.6 Å². The average Bonchev–Trinajstić information content (AvgIpc) is 2.79. The lowest BCUT2D eigenvalue weighted by molar-refractivity contribution is -0.144. The van der Waals surface area contributed by atoms with Crippen molar-refractivity contribution in [2.24, 2.45) is 17.8 Å². The van der Waals surface area contributed by atoms with Crippen molar-refractivity contribution in [3.8, 4) is 0 Å². The number of hydrogen-bond acceptors (Lipinski definition) is 4. The molecule has 0 heterocycles. The van der Waals surface area contributed by atoms with Gasteiger partial charge in [0.2, 0.25) is 5.91 Å². The van der Waals surface area contributed by atoms with Gasteiger partial charge in [-0.05, 0) is 61.3 Å². The van der Waals surface area contributed by atoms with Gasteiger partial charge in [-0.3, -0.25) is 9.59 Å². The van der Waals surface area contributed by atoms with Crippen molar-refractivity contribution >= 4 is 11.9 Å². The molecule has 10 heteroatoms. The molecule has 0 saturated heterocycles. The molecule has 0 aliphatic rings. The Morgan fingerprint density at radius 3 is 2.13 bits per heavy atom. The molecule has 216 valence electrons. The molecule has 2 unspecified atom stereocenters. The van der Waals surface area contributed by atoms with E-state index in [-0.39, 0.29) is 29.9 Å². The molecule has 1 aromatic rings. The first-order valence-electron chi connectivity index (χ1n) is 13.0. The second-order valence-corrected chi connectivity index (χ2v) is 10.3. The van der Waals surface area contributed by atoms with Crippen LogP contribution in [-0.2, 0) is 20.5 Å². The van der Waals surface area contributed by atoms with Gasteiger partial charge in [-0.2, -0.15) is 13.2 Å². The lowest BCUT2D eigenvalue weighted by atomic mass is 9.77. The van der Waals surface area contributed by atoms with Crippen LogP contribution in [0.1, 0.15) is 96.4 Å². The van der Waals surface area contributed by atoms with Crippen molar-refractivity contribution < 1.29 is 36.3 Å². The summed E-state index contributed by atoms with van der Waals surface area (Å²) in [4.78, 5) is 25.5. The third-order valence-corrected chi connectivity index (χ3v) is 6.78. The lowest BCUT2D eigenvalue weighted by Gasteiger charge is -2.30. The van der Waals surface area contributed by atoms with Crippen LogP contribution in [0.15, 0.2) is 18.8 Å². The van der Waals surface area contributed by atoms with Crippen molar-refractivity contribution in [1.29, 1.82) is 0 Å². The minimum Gasteiger partial charge on any atom is -0.466 e. The standard InChI is InChI=1S/C28H41F5N2O3/c1-9-18(17(8)16(6)7)19-13-20(28(31,32)33)26(30)24(25(19)29)21(14-23(36)38-11-3)35-27(37)22(34-10-2)12-15(4)5/h10,13,15-18,21-22,34H,2,9,11-12,14H2,1,3-8H3,(H,35,37)/t17-,18?,21+,22?/m1/s1. The second kappa shape index (κ2) is 14.5. The Labute approximate surface area is 222 Å². The van der Waals surface area contributed by atoms with E-state index in [4.69, 9.17) is 4.74 Å². The molecule has 1 amide bonds. The molecule has 0 radical (unpaired) electrons. The third kappa shape index (κ3) is 8.70. The number of carbonyl (C=O) groups excluding carboxylic acids is 2. The van der Waals surface area contributed by atoms with Gasteiger partial charge in [0.05, 0.1) is 24.6 Å². The summed E-state index contributed by atoms with van der Waals surface area (Å²) in [5, 5.41) is 5.16. The molecule has 0 saturated carbocycles. The first kappa shape index (κ1) is 33.4. The van der Waals surface area contributed by atoms with Gasteiger partial charge in [-0.1, -0.05) is 48.1 Å². The van der Waals surface area contributed by atoms with E-state index in [0.29, 0.717) is 18.9 Å². The molecule has 0 spiro atoms. The van der Waals surface area contributed by atoms with Crippen molar-refractivity contribution in [1.82, 2.24) is 10.6 Å². The highest BCUT2D eigenvalue weighted by Gasteiger charge is 2.41. The van der Waals surface area contributed by atoms with Crippen LogP contribution in [0, 0.1) is 29.4 Å². The van der Waals surface area contributed by atoms with Gasteiger partial charge in [0.25, 0.3) is 0 Å². The predicted molar refractivity (Wildman–Crippen MR) is 137 cm³/mol. The van der Waals surface area contributed by atoms with Crippen molar-refractivity contribution in [3.05, 3.63) is 47.2 Å². The summed E-state index contributed by atoms with van der Waals surface area (Å²) in [5.74, 6) is -5.61. The lowest BCUT2D eigenvalue weighted by Crippen LogP contribution is -2.45. The monoisotopic (exact) mass is 548 g/mol. The van der Waals surface area contributed by atoms with E-state index in [1.54, 1.807) is 13.8 Å². The van der Waals surface area contributed by atoms with Gasteiger partial charge >= 0.3 is 12.1 Å². The number of benzene rings is 1. The Morgan fingerprint density at radius 1 is 1.08 bits per heavy atom. The molecule has 0 bridgehead atoms. The molecule has 0 aromatic heterocycles. The van der Waals surface area contributed by atoms with Crippen LogP contribution in [0.2, 0.25) is 0 Å². The average molecular weight is 549 g/mol. The number of esters is 1. The minimum absolute atomic E-state index is 0.000934. The van der Waals surface area contributed by atoms with Gasteiger partial charge < -0.3 is 15.4 Å². The first-order chi connectivity index (χ1) is 17.6. The van der Waals surface area contributed by atoms with Gasteiger partial charge in [0.1, 0.15) is 17.7 Å². The molecule has 1 rings (SSSR count). The zero-order chi connectivity index (χ0) is 29.4. The molecular weight excluding hydrogens is 507 g/mol.